The van der Waals surface area contributed by atoms with Crippen LogP contribution in [0.4, 0.5) is 10.6 Å². The van der Waals surface area contributed by atoms with E-state index in [1.807, 2.05) is 0 Å². The first-order valence-electron chi connectivity index (χ1n) is 3.56. The van der Waals surface area contributed by atoms with Gasteiger partial charge in [-0.25, -0.2) is 9.78 Å². The molecule has 0 bridgehead atoms. The van der Waals surface area contributed by atoms with Gasteiger partial charge in [-0.05, 0) is 0 Å². The standard InChI is InChI=1S/C6H6N6O2/c1-9-6(14)12-2-10-3(4(7)13)5(12)11-8/h2H,1H3,(H2-,7,9,13,14)/p+1. The molecular formula is C6H7N6O2+. The summed E-state index contributed by atoms with van der Waals surface area (Å²) in [5.74, 6) is -1.17. The Hall–Kier alpha value is -2.43. The fraction of sp³-hybridized carbons (Fsp3) is 0.167. The second-order valence-electron chi connectivity index (χ2n) is 2.31. The number of nitrogens with two attached hydrogens (primary N) is 1. The highest BCUT2D eigenvalue weighted by molar-refractivity contribution is 5.98. The van der Waals surface area contributed by atoms with E-state index < -0.39 is 11.9 Å². The Bertz CT molecular complexity index is 428. The lowest BCUT2D eigenvalue weighted by Gasteiger charge is -1.89. The lowest BCUT2D eigenvalue weighted by Crippen LogP contribution is -2.23. The van der Waals surface area contributed by atoms with Crippen LogP contribution in [0.5, 0.6) is 0 Å². The lowest BCUT2D eigenvalue weighted by molar-refractivity contribution is 0.0997. The van der Waals surface area contributed by atoms with Crippen molar-refractivity contribution in [3.63, 3.8) is 0 Å². The van der Waals surface area contributed by atoms with Crippen molar-refractivity contribution in [1.29, 1.82) is 5.39 Å². The Morgan fingerprint density at radius 1 is 1.71 bits per heavy atom. The van der Waals surface area contributed by atoms with E-state index in [9.17, 15) is 9.59 Å². The number of carbonyl (C=O) groups is 2. The number of hydrogen-bond donors (Lipinski definition) is 2. The first-order chi connectivity index (χ1) is 6.61. The van der Waals surface area contributed by atoms with E-state index in [-0.39, 0.29) is 11.5 Å². The van der Waals surface area contributed by atoms with Crippen LogP contribution in [0.25, 0.3) is 4.98 Å². The van der Waals surface area contributed by atoms with E-state index in [1.54, 1.807) is 0 Å². The van der Waals surface area contributed by atoms with Crippen LogP contribution < -0.4 is 11.1 Å². The lowest BCUT2D eigenvalue weighted by atomic mass is 10.4. The summed E-state index contributed by atoms with van der Waals surface area (Å²) in [6.07, 6.45) is 1.04. The second-order valence-corrected chi connectivity index (χ2v) is 2.31. The highest BCUT2D eigenvalue weighted by Gasteiger charge is 2.29. The largest absolute Gasteiger partial charge is 0.466 e. The molecule has 0 aliphatic rings. The Morgan fingerprint density at radius 2 is 2.36 bits per heavy atom. The predicted molar refractivity (Wildman–Crippen MR) is 45.3 cm³/mol. The van der Waals surface area contributed by atoms with Gasteiger partial charge in [-0.2, -0.15) is 0 Å². The minimum atomic E-state index is -0.875. The zero-order valence-electron chi connectivity index (χ0n) is 7.26. The zero-order chi connectivity index (χ0) is 10.7. The fourth-order valence-electron chi connectivity index (χ4n) is 0.880. The SMILES string of the molecule is CNC(=O)n1cnc(C(N)=O)c1[N+]#N. The first kappa shape index (κ1) is 9.66. The fourth-order valence-corrected chi connectivity index (χ4v) is 0.880. The number of carbonyl (C=O) groups excluding carboxylic acids is 2. The Kier molecular flexibility index (Phi) is 2.43. The third-order valence-corrected chi connectivity index (χ3v) is 1.50. The monoisotopic (exact) mass is 195 g/mol. The number of amides is 2. The molecular weight excluding hydrogens is 188 g/mol. The molecule has 0 saturated carbocycles. The summed E-state index contributed by atoms with van der Waals surface area (Å²) in [7, 11) is 1.38. The number of nitrogens with zero attached hydrogens (tertiary/aromatic N) is 4. The number of hydrogen-bond acceptors (Lipinski definition) is 4. The summed E-state index contributed by atoms with van der Waals surface area (Å²) in [5, 5.41) is 10.8. The van der Waals surface area contributed by atoms with Gasteiger partial charge in [0.15, 0.2) is 6.33 Å². The van der Waals surface area contributed by atoms with Crippen LogP contribution in [0.2, 0.25) is 0 Å². The number of rotatable bonds is 1. The van der Waals surface area contributed by atoms with Crippen LogP contribution in [0.3, 0.4) is 0 Å². The first-order valence-corrected chi connectivity index (χ1v) is 3.56. The van der Waals surface area contributed by atoms with Gasteiger partial charge in [0.1, 0.15) is 0 Å². The topological polar surface area (TPSA) is 118 Å². The van der Waals surface area contributed by atoms with Gasteiger partial charge in [0.25, 0.3) is 5.91 Å². The van der Waals surface area contributed by atoms with Crippen molar-refractivity contribution in [3.05, 3.63) is 17.0 Å². The van der Waals surface area contributed by atoms with Crippen molar-refractivity contribution >= 4 is 17.8 Å². The Balaban J connectivity index is 3.29. The molecule has 72 valence electrons. The molecule has 1 heterocycles. The van der Waals surface area contributed by atoms with Crippen LogP contribution in [0.15, 0.2) is 6.33 Å². The molecule has 1 aromatic heterocycles. The second kappa shape index (κ2) is 3.53. The van der Waals surface area contributed by atoms with Gasteiger partial charge in [-0.3, -0.25) is 4.79 Å². The van der Waals surface area contributed by atoms with Crippen molar-refractivity contribution in [2.75, 3.05) is 7.05 Å². The highest BCUT2D eigenvalue weighted by Crippen LogP contribution is 2.16. The molecule has 0 saturated heterocycles. The van der Waals surface area contributed by atoms with Gasteiger partial charge < -0.3 is 11.1 Å². The van der Waals surface area contributed by atoms with Crippen molar-refractivity contribution in [1.82, 2.24) is 14.9 Å². The molecule has 0 radical (unpaired) electrons. The molecule has 0 atom stereocenters. The van der Waals surface area contributed by atoms with Crippen molar-refractivity contribution < 1.29 is 9.59 Å². The van der Waals surface area contributed by atoms with Gasteiger partial charge in [0, 0.05) is 12.0 Å². The van der Waals surface area contributed by atoms with Gasteiger partial charge in [-0.1, -0.05) is 0 Å². The molecule has 14 heavy (non-hydrogen) atoms. The quantitative estimate of drug-likeness (QED) is 0.595. The zero-order valence-corrected chi connectivity index (χ0v) is 7.26. The highest BCUT2D eigenvalue weighted by atomic mass is 16.2. The maximum absolute atomic E-state index is 11.1. The maximum Gasteiger partial charge on any atom is 0.466 e. The van der Waals surface area contributed by atoms with Crippen LogP contribution >= 0.6 is 0 Å². The Labute approximate surface area is 78.3 Å². The normalized spacial score (nSPS) is 9.14. The summed E-state index contributed by atoms with van der Waals surface area (Å²) in [4.78, 5) is 28.2. The number of nitrogens with one attached hydrogen (secondary N) is 1. The molecule has 0 fully saturated rings. The predicted octanol–water partition coefficient (Wildman–Crippen LogP) is -0.346. The molecule has 0 aromatic carbocycles. The Morgan fingerprint density at radius 3 is 2.79 bits per heavy atom. The number of primary amides is 1. The molecule has 1 rings (SSSR count). The van der Waals surface area contributed by atoms with Gasteiger partial charge in [-0.15, -0.1) is 4.57 Å². The van der Waals surface area contributed by atoms with Crippen LogP contribution in [-0.2, 0) is 0 Å². The summed E-state index contributed by atoms with van der Waals surface area (Å²) >= 11 is 0. The van der Waals surface area contributed by atoms with E-state index in [2.05, 4.69) is 15.3 Å². The van der Waals surface area contributed by atoms with Crippen molar-refractivity contribution in [3.8, 4) is 0 Å². The van der Waals surface area contributed by atoms with Gasteiger partial charge in [0.05, 0.1) is 5.39 Å². The van der Waals surface area contributed by atoms with E-state index in [4.69, 9.17) is 11.1 Å². The average molecular weight is 195 g/mol. The van der Waals surface area contributed by atoms with E-state index >= 15 is 0 Å². The smallest absolute Gasteiger partial charge is 0.364 e. The molecule has 8 heteroatoms. The molecule has 0 spiro atoms. The van der Waals surface area contributed by atoms with E-state index in [1.165, 1.54) is 7.05 Å². The van der Waals surface area contributed by atoms with Gasteiger partial charge >= 0.3 is 11.8 Å². The van der Waals surface area contributed by atoms with E-state index in [0.717, 1.165) is 10.9 Å². The third-order valence-electron chi connectivity index (χ3n) is 1.50. The number of aromatic nitrogens is 2. The van der Waals surface area contributed by atoms with Crippen molar-refractivity contribution in [2.24, 2.45) is 5.73 Å². The van der Waals surface area contributed by atoms with Gasteiger partial charge in [0.2, 0.25) is 5.69 Å². The minimum Gasteiger partial charge on any atom is -0.364 e. The summed E-state index contributed by atoms with van der Waals surface area (Å²) in [6.45, 7) is 0. The summed E-state index contributed by atoms with van der Waals surface area (Å²) < 4.78 is 0.861. The molecule has 2 amide bonds. The molecule has 0 aliphatic heterocycles. The molecule has 1 aromatic rings. The number of imidazole rings is 1. The van der Waals surface area contributed by atoms with E-state index in [0.29, 0.717) is 0 Å². The van der Waals surface area contributed by atoms with Crippen molar-refractivity contribution in [2.45, 2.75) is 0 Å². The number of diazo groups is 1. The summed E-state index contributed by atoms with van der Waals surface area (Å²) in [6, 6.07) is -0.585. The minimum absolute atomic E-state index is 0.267. The summed E-state index contributed by atoms with van der Waals surface area (Å²) in [5.41, 5.74) is 4.66. The average Bonchev–Trinajstić information content (AvgIpc) is 2.59. The molecule has 8 nitrogen and oxygen atoms in total. The van der Waals surface area contributed by atoms with Crippen LogP contribution in [0, 0.1) is 5.39 Å². The molecule has 3 N–H and O–H groups in total. The third kappa shape index (κ3) is 1.38. The maximum atomic E-state index is 11.1. The molecule has 0 aliphatic carbocycles. The van der Waals surface area contributed by atoms with Crippen LogP contribution in [0.1, 0.15) is 10.5 Å². The van der Waals surface area contributed by atoms with Crippen LogP contribution in [-0.4, -0.2) is 28.5 Å². The molecule has 0 unspecified atom stereocenters.